The van der Waals surface area contributed by atoms with Gasteiger partial charge in [-0.2, -0.15) is 0 Å². The third-order valence-corrected chi connectivity index (χ3v) is 2.78. The maximum Gasteiger partial charge on any atom is 0.0243 e. The van der Waals surface area contributed by atoms with Gasteiger partial charge in [-0.1, -0.05) is 13.8 Å². The first-order valence-electron chi connectivity index (χ1n) is 4.55. The van der Waals surface area contributed by atoms with Crippen LogP contribution in [0, 0.1) is 5.92 Å². The van der Waals surface area contributed by atoms with Crippen LogP contribution in [0.3, 0.4) is 0 Å². The molecule has 1 heterocycles. The lowest BCUT2D eigenvalue weighted by Gasteiger charge is -2.40. The molecule has 0 spiro atoms. The van der Waals surface area contributed by atoms with E-state index in [-0.39, 0.29) is 0 Å². The van der Waals surface area contributed by atoms with Crippen LogP contribution in [0.4, 0.5) is 0 Å². The van der Waals surface area contributed by atoms with Crippen LogP contribution in [0.2, 0.25) is 0 Å². The molecule has 0 aromatic carbocycles. The zero-order chi connectivity index (χ0) is 8.43. The molecule has 11 heavy (non-hydrogen) atoms. The summed E-state index contributed by atoms with van der Waals surface area (Å²) in [5.74, 6) is 0.759. The first-order valence-corrected chi connectivity index (χ1v) is 4.55. The first kappa shape index (κ1) is 9.01. The van der Waals surface area contributed by atoms with Crippen molar-refractivity contribution >= 4 is 0 Å². The average molecular weight is 156 g/mol. The Balaban J connectivity index is 2.51. The Bertz CT molecular complexity index is 123. The van der Waals surface area contributed by atoms with Gasteiger partial charge in [0.15, 0.2) is 0 Å². The molecule has 2 heteroatoms. The summed E-state index contributed by atoms with van der Waals surface area (Å²) in [6, 6.07) is 1.41. The molecule has 0 amide bonds. The van der Waals surface area contributed by atoms with Crippen LogP contribution < -0.4 is 5.32 Å². The molecule has 0 aliphatic carbocycles. The lowest BCUT2D eigenvalue weighted by Crippen LogP contribution is -2.56. The lowest BCUT2D eigenvalue weighted by atomic mass is 9.99. The summed E-state index contributed by atoms with van der Waals surface area (Å²) >= 11 is 0. The highest BCUT2D eigenvalue weighted by Gasteiger charge is 2.25. The third kappa shape index (κ3) is 1.94. The van der Waals surface area contributed by atoms with Gasteiger partial charge >= 0.3 is 0 Å². The van der Waals surface area contributed by atoms with Crippen LogP contribution in [0.15, 0.2) is 0 Å². The predicted molar refractivity (Wildman–Crippen MR) is 48.7 cm³/mol. The van der Waals surface area contributed by atoms with Gasteiger partial charge in [0.05, 0.1) is 0 Å². The number of likely N-dealkylation sites (N-methyl/N-ethyl adjacent to an activating group) is 1. The minimum absolute atomic E-state index is 0.691. The van der Waals surface area contributed by atoms with Crippen molar-refractivity contribution in [2.75, 3.05) is 20.1 Å². The number of hydrogen-bond acceptors (Lipinski definition) is 2. The molecule has 0 radical (unpaired) electrons. The minimum Gasteiger partial charge on any atom is -0.314 e. The molecule has 1 aliphatic heterocycles. The molecule has 2 nitrogen and oxygen atoms in total. The van der Waals surface area contributed by atoms with E-state index in [0.29, 0.717) is 6.04 Å². The molecule has 0 bridgehead atoms. The standard InChI is InChI=1S/C9H20N2/c1-7(2)9-6-10-5-8(3)11(9)4/h7-10H,5-6H2,1-4H3/t8?,9-/m0/s1. The van der Waals surface area contributed by atoms with Gasteiger partial charge in [0, 0.05) is 25.2 Å². The van der Waals surface area contributed by atoms with E-state index in [1.165, 1.54) is 0 Å². The molecular formula is C9H20N2. The van der Waals surface area contributed by atoms with Gasteiger partial charge < -0.3 is 5.32 Å². The molecule has 1 fully saturated rings. The summed E-state index contributed by atoms with van der Waals surface area (Å²) < 4.78 is 0. The van der Waals surface area contributed by atoms with Crippen molar-refractivity contribution in [2.24, 2.45) is 5.92 Å². The van der Waals surface area contributed by atoms with Crippen molar-refractivity contribution in [1.82, 2.24) is 10.2 Å². The molecule has 2 atom stereocenters. The number of piperazine rings is 1. The highest BCUT2D eigenvalue weighted by molar-refractivity contribution is 4.84. The fraction of sp³-hybridized carbons (Fsp3) is 1.00. The summed E-state index contributed by atoms with van der Waals surface area (Å²) in [5.41, 5.74) is 0. The topological polar surface area (TPSA) is 15.3 Å². The smallest absolute Gasteiger partial charge is 0.0243 e. The molecule has 0 saturated carbocycles. The van der Waals surface area contributed by atoms with E-state index >= 15 is 0 Å². The molecule has 1 N–H and O–H groups in total. The van der Waals surface area contributed by atoms with E-state index in [4.69, 9.17) is 0 Å². The van der Waals surface area contributed by atoms with Crippen molar-refractivity contribution in [2.45, 2.75) is 32.9 Å². The predicted octanol–water partition coefficient (Wildman–Crippen LogP) is 0.934. The summed E-state index contributed by atoms with van der Waals surface area (Å²) in [7, 11) is 2.23. The van der Waals surface area contributed by atoms with Gasteiger partial charge in [-0.25, -0.2) is 0 Å². The van der Waals surface area contributed by atoms with Crippen LogP contribution in [0.5, 0.6) is 0 Å². The van der Waals surface area contributed by atoms with Gasteiger partial charge in [-0.05, 0) is 19.9 Å². The van der Waals surface area contributed by atoms with E-state index in [9.17, 15) is 0 Å². The highest BCUT2D eigenvalue weighted by Crippen LogP contribution is 2.14. The van der Waals surface area contributed by atoms with Gasteiger partial charge in [-0.3, -0.25) is 4.90 Å². The van der Waals surface area contributed by atoms with E-state index < -0.39 is 0 Å². The number of rotatable bonds is 1. The fourth-order valence-electron chi connectivity index (χ4n) is 1.76. The van der Waals surface area contributed by atoms with E-state index in [1.807, 2.05) is 0 Å². The molecule has 66 valence electrons. The Morgan fingerprint density at radius 2 is 2.00 bits per heavy atom. The number of nitrogens with zero attached hydrogens (tertiary/aromatic N) is 1. The normalized spacial score (nSPS) is 34.6. The Kier molecular flexibility index (Phi) is 2.90. The van der Waals surface area contributed by atoms with Crippen LogP contribution in [0.1, 0.15) is 20.8 Å². The minimum atomic E-state index is 0.691. The van der Waals surface area contributed by atoms with Crippen LogP contribution in [-0.4, -0.2) is 37.1 Å². The van der Waals surface area contributed by atoms with Gasteiger partial charge in [0.1, 0.15) is 0 Å². The van der Waals surface area contributed by atoms with Gasteiger partial charge in [-0.15, -0.1) is 0 Å². The van der Waals surface area contributed by atoms with Gasteiger partial charge in [0.25, 0.3) is 0 Å². The summed E-state index contributed by atoms with van der Waals surface area (Å²) in [4.78, 5) is 2.49. The lowest BCUT2D eigenvalue weighted by molar-refractivity contribution is 0.108. The summed E-state index contributed by atoms with van der Waals surface area (Å²) in [5, 5.41) is 3.45. The molecule has 1 aliphatic rings. The Morgan fingerprint density at radius 1 is 1.36 bits per heavy atom. The molecule has 0 aromatic rings. The maximum atomic E-state index is 3.45. The molecular weight excluding hydrogens is 136 g/mol. The first-order chi connectivity index (χ1) is 5.13. The van der Waals surface area contributed by atoms with E-state index in [0.717, 1.165) is 25.0 Å². The SMILES string of the molecule is CC(C)[C@@H]1CNCC(C)N1C. The Labute approximate surface area is 70.0 Å². The van der Waals surface area contributed by atoms with Crippen molar-refractivity contribution in [1.29, 1.82) is 0 Å². The van der Waals surface area contributed by atoms with Crippen molar-refractivity contribution in [3.05, 3.63) is 0 Å². The molecule has 0 aromatic heterocycles. The molecule has 1 rings (SSSR count). The summed E-state index contributed by atoms with van der Waals surface area (Å²) in [6.07, 6.45) is 0. The second-order valence-electron chi connectivity index (χ2n) is 3.98. The zero-order valence-electron chi connectivity index (χ0n) is 8.09. The van der Waals surface area contributed by atoms with Gasteiger partial charge in [0.2, 0.25) is 0 Å². The van der Waals surface area contributed by atoms with Crippen LogP contribution in [-0.2, 0) is 0 Å². The van der Waals surface area contributed by atoms with E-state index in [2.05, 4.69) is 38.0 Å². The number of nitrogens with one attached hydrogen (secondary N) is 1. The second-order valence-corrected chi connectivity index (χ2v) is 3.98. The molecule has 1 saturated heterocycles. The quantitative estimate of drug-likeness (QED) is 0.607. The van der Waals surface area contributed by atoms with Crippen molar-refractivity contribution in [3.8, 4) is 0 Å². The monoisotopic (exact) mass is 156 g/mol. The maximum absolute atomic E-state index is 3.45. The Hall–Kier alpha value is -0.0800. The Morgan fingerprint density at radius 3 is 2.45 bits per heavy atom. The summed E-state index contributed by atoms with van der Waals surface area (Å²) in [6.45, 7) is 9.15. The largest absolute Gasteiger partial charge is 0.314 e. The molecule has 1 unspecified atom stereocenters. The second kappa shape index (κ2) is 3.55. The van der Waals surface area contributed by atoms with Crippen LogP contribution >= 0.6 is 0 Å². The van der Waals surface area contributed by atoms with E-state index in [1.54, 1.807) is 0 Å². The third-order valence-electron chi connectivity index (χ3n) is 2.78. The average Bonchev–Trinajstić information content (AvgIpc) is 1.94. The zero-order valence-corrected chi connectivity index (χ0v) is 8.09. The van der Waals surface area contributed by atoms with Crippen molar-refractivity contribution in [3.63, 3.8) is 0 Å². The fourth-order valence-corrected chi connectivity index (χ4v) is 1.76. The van der Waals surface area contributed by atoms with Crippen LogP contribution in [0.25, 0.3) is 0 Å². The van der Waals surface area contributed by atoms with Crippen molar-refractivity contribution < 1.29 is 0 Å². The number of hydrogen-bond donors (Lipinski definition) is 1. The highest BCUT2D eigenvalue weighted by atomic mass is 15.2.